The zero-order valence-corrected chi connectivity index (χ0v) is 21.6. The second-order valence-electron chi connectivity index (χ2n) is 9.92. The first kappa shape index (κ1) is 25.7. The van der Waals surface area contributed by atoms with Crippen LogP contribution in [0, 0.1) is 11.8 Å². The number of sulfonamides is 2. The molecule has 2 N–H and O–H groups in total. The van der Waals surface area contributed by atoms with Gasteiger partial charge in [-0.3, -0.25) is 0 Å². The van der Waals surface area contributed by atoms with E-state index in [0.717, 1.165) is 31.9 Å². The average molecular weight is 493 g/mol. The van der Waals surface area contributed by atoms with Gasteiger partial charge in [0.2, 0.25) is 10.0 Å². The van der Waals surface area contributed by atoms with E-state index in [1.165, 1.54) is 4.31 Å². The molecule has 3 atom stereocenters. The number of hydrogen-bond donors (Lipinski definition) is 2. The summed E-state index contributed by atoms with van der Waals surface area (Å²) in [7, 11) is -5.48. The first-order chi connectivity index (χ1) is 14.9. The van der Waals surface area contributed by atoms with Crippen molar-refractivity contribution in [3.8, 4) is 0 Å². The van der Waals surface area contributed by atoms with Gasteiger partial charge < -0.3 is 15.0 Å². The maximum Gasteiger partial charge on any atom is 0.260 e. The first-order valence-electron chi connectivity index (χ1n) is 11.7. The second-order valence-corrected chi connectivity index (χ2v) is 13.6. The summed E-state index contributed by atoms with van der Waals surface area (Å²) < 4.78 is 61.3. The molecule has 1 saturated carbocycles. The molecular weight excluding hydrogens is 452 g/mol. The Morgan fingerprint density at radius 1 is 1.16 bits per heavy atom. The summed E-state index contributed by atoms with van der Waals surface area (Å²) in [5.74, 6) is 1.37. The number of rotatable bonds is 8. The molecule has 186 valence electrons. The van der Waals surface area contributed by atoms with Gasteiger partial charge in [0.05, 0.1) is 31.2 Å². The topological polar surface area (TPSA) is 108 Å². The highest BCUT2D eigenvalue weighted by Gasteiger charge is 2.43. The monoisotopic (exact) mass is 492 g/mol. The summed E-state index contributed by atoms with van der Waals surface area (Å²) in [4.78, 5) is 1.81. The van der Waals surface area contributed by atoms with Gasteiger partial charge in [0.25, 0.3) is 10.0 Å². The van der Waals surface area contributed by atoms with E-state index < -0.39 is 32.1 Å². The third kappa shape index (κ3) is 6.16. The lowest BCUT2D eigenvalue weighted by atomic mass is 9.80. The summed E-state index contributed by atoms with van der Waals surface area (Å²) in [6.07, 6.45) is 7.98. The van der Waals surface area contributed by atoms with Crippen molar-refractivity contribution < 1.29 is 21.6 Å². The van der Waals surface area contributed by atoms with Crippen molar-refractivity contribution in [2.75, 3.05) is 26.5 Å². The zero-order chi connectivity index (χ0) is 23.7. The van der Waals surface area contributed by atoms with Crippen molar-refractivity contribution >= 4 is 20.0 Å². The van der Waals surface area contributed by atoms with E-state index in [2.05, 4.69) is 23.9 Å². The van der Waals surface area contributed by atoms with Gasteiger partial charge in [-0.25, -0.2) is 21.6 Å². The third-order valence-corrected chi connectivity index (χ3v) is 9.71. The Balaban J connectivity index is 1.76. The van der Waals surface area contributed by atoms with Crippen molar-refractivity contribution in [1.29, 1.82) is 0 Å². The highest BCUT2D eigenvalue weighted by atomic mass is 32.2. The number of hydrogen-bond acceptors (Lipinski definition) is 7. The Morgan fingerprint density at radius 2 is 1.81 bits per heavy atom. The fourth-order valence-corrected chi connectivity index (χ4v) is 7.63. The molecule has 0 bridgehead atoms. The van der Waals surface area contributed by atoms with Crippen LogP contribution in [0.5, 0.6) is 0 Å². The number of ether oxygens (including phenoxy) is 1. The van der Waals surface area contributed by atoms with Crippen LogP contribution in [-0.2, 0) is 24.8 Å². The van der Waals surface area contributed by atoms with Gasteiger partial charge in [-0.1, -0.05) is 13.8 Å². The molecule has 9 nitrogen and oxygen atoms in total. The molecule has 0 aromatic carbocycles. The molecule has 11 heteroatoms. The van der Waals surface area contributed by atoms with E-state index >= 15 is 0 Å². The number of nitrogens with zero attached hydrogens (tertiary/aromatic N) is 2. The predicted octanol–water partition coefficient (Wildman–Crippen LogP) is 1.61. The maximum atomic E-state index is 13.5. The van der Waals surface area contributed by atoms with E-state index in [4.69, 9.17) is 4.74 Å². The van der Waals surface area contributed by atoms with Gasteiger partial charge in [0, 0.05) is 25.8 Å². The largest absolute Gasteiger partial charge is 0.376 e. The van der Waals surface area contributed by atoms with Gasteiger partial charge in [0.1, 0.15) is 0 Å². The van der Waals surface area contributed by atoms with Gasteiger partial charge in [-0.2, -0.15) is 4.31 Å². The average Bonchev–Trinajstić information content (AvgIpc) is 3.05. The number of nitrogens with one attached hydrogen (secondary N) is 2. The quantitative estimate of drug-likeness (QED) is 0.530. The van der Waals surface area contributed by atoms with Crippen LogP contribution in [0.25, 0.3) is 0 Å². The molecule has 3 unspecified atom stereocenters. The van der Waals surface area contributed by atoms with Gasteiger partial charge in [-0.05, 0) is 57.3 Å². The third-order valence-electron chi connectivity index (χ3n) is 7.13. The molecular formula is C21H40N4O5S2. The summed E-state index contributed by atoms with van der Waals surface area (Å²) in [6.45, 7) is 6.92. The van der Waals surface area contributed by atoms with Crippen LogP contribution in [0.2, 0.25) is 0 Å². The standard InChI is InChI=1S/C21H40N4O5S2/c1-15(2)17-8-10-18(11-9-17)30-14-20-19(23-31(5,26)27)7-6-12-25(20)32(28,29)21-13-24(4)16(3)22-21/h13,15-20,22-23H,6-12,14H2,1-5H3. The lowest BCUT2D eigenvalue weighted by molar-refractivity contribution is -0.0172. The van der Waals surface area contributed by atoms with Crippen molar-refractivity contribution in [3.05, 3.63) is 11.2 Å². The van der Waals surface area contributed by atoms with E-state index in [-0.39, 0.29) is 23.9 Å². The van der Waals surface area contributed by atoms with Crippen molar-refractivity contribution in [2.24, 2.45) is 11.8 Å². The molecule has 0 radical (unpaired) electrons. The van der Waals surface area contributed by atoms with E-state index in [9.17, 15) is 16.8 Å². The predicted molar refractivity (Wildman–Crippen MR) is 125 cm³/mol. The van der Waals surface area contributed by atoms with Crippen molar-refractivity contribution in [3.63, 3.8) is 0 Å². The lowest BCUT2D eigenvalue weighted by Crippen LogP contribution is -2.59. The minimum Gasteiger partial charge on any atom is -0.376 e. The first-order valence-corrected chi connectivity index (χ1v) is 15.0. The van der Waals surface area contributed by atoms with Crippen LogP contribution < -0.4 is 10.0 Å². The second kappa shape index (κ2) is 10.2. The van der Waals surface area contributed by atoms with Crippen molar-refractivity contribution in [1.82, 2.24) is 19.2 Å². The number of piperidine rings is 1. The van der Waals surface area contributed by atoms with Crippen LogP contribution in [0.4, 0.5) is 0 Å². The maximum absolute atomic E-state index is 13.5. The highest BCUT2D eigenvalue weighted by Crippen LogP contribution is 2.32. The smallest absolute Gasteiger partial charge is 0.260 e. The normalized spacial score (nSPS) is 32.8. The molecule has 3 aliphatic rings. The zero-order valence-electron chi connectivity index (χ0n) is 20.0. The van der Waals surface area contributed by atoms with E-state index in [1.54, 1.807) is 6.20 Å². The summed E-state index contributed by atoms with van der Waals surface area (Å²) in [6, 6.07) is -1.10. The molecule has 2 heterocycles. The van der Waals surface area contributed by atoms with Gasteiger partial charge in [-0.15, -0.1) is 0 Å². The molecule has 0 aromatic heterocycles. The molecule has 0 aromatic rings. The van der Waals surface area contributed by atoms with Crippen molar-refractivity contribution in [2.45, 2.75) is 83.6 Å². The Bertz CT molecular complexity index is 882. The molecule has 2 aliphatic heterocycles. The minimum atomic E-state index is -3.81. The molecule has 0 spiro atoms. The molecule has 32 heavy (non-hydrogen) atoms. The Labute approximate surface area is 194 Å². The molecule has 3 rings (SSSR count). The molecule has 1 saturated heterocycles. The summed E-state index contributed by atoms with van der Waals surface area (Å²) in [5.41, 5.74) is 0. The summed E-state index contributed by atoms with van der Waals surface area (Å²) >= 11 is 0. The van der Waals surface area contributed by atoms with Gasteiger partial charge >= 0.3 is 0 Å². The van der Waals surface area contributed by atoms with Crippen LogP contribution in [0.3, 0.4) is 0 Å². The van der Waals surface area contributed by atoms with E-state index in [0.29, 0.717) is 31.2 Å². The fraction of sp³-hybridized carbons (Fsp3) is 0.905. The van der Waals surface area contributed by atoms with Crippen LogP contribution in [-0.4, -0.2) is 76.8 Å². The Hall–Kier alpha value is -0.880. The van der Waals surface area contributed by atoms with Crippen LogP contribution >= 0.6 is 0 Å². The molecule has 2 fully saturated rings. The molecule has 1 aliphatic carbocycles. The Kier molecular flexibility index (Phi) is 8.18. The molecule has 0 amide bonds. The minimum absolute atomic E-state index is 0.0883. The highest BCUT2D eigenvalue weighted by molar-refractivity contribution is 7.93. The summed E-state index contributed by atoms with van der Waals surface area (Å²) in [5, 5.41) is 3.17. The Morgan fingerprint density at radius 3 is 2.34 bits per heavy atom. The lowest BCUT2D eigenvalue weighted by Gasteiger charge is -2.41. The van der Waals surface area contributed by atoms with Crippen LogP contribution in [0.1, 0.15) is 59.3 Å². The van der Waals surface area contributed by atoms with Gasteiger partial charge in [0.15, 0.2) is 5.03 Å². The van der Waals surface area contributed by atoms with E-state index in [1.807, 2.05) is 18.9 Å². The SMILES string of the molecule is CC(C)C1CCC(OCC2C(NS(C)(=O)=O)CCCN2S(=O)(=O)C2=CN(C)C(C)N2)CC1. The fourth-order valence-electron chi connectivity index (χ4n) is 5.00. The van der Waals surface area contributed by atoms with Crippen LogP contribution in [0.15, 0.2) is 11.2 Å².